The van der Waals surface area contributed by atoms with Gasteiger partial charge in [0.15, 0.2) is 0 Å². The number of alkyl halides is 3. The molecule has 1 atom stereocenters. The third-order valence-electron chi connectivity index (χ3n) is 8.39. The topological polar surface area (TPSA) is 26.8 Å². The van der Waals surface area contributed by atoms with Gasteiger partial charge in [0.1, 0.15) is 17.9 Å². The van der Waals surface area contributed by atoms with Crippen LogP contribution in [-0.4, -0.2) is 68.1 Å². The van der Waals surface area contributed by atoms with Crippen LogP contribution in [-0.2, 0) is 11.2 Å². The Bertz CT molecular complexity index is 1140. The van der Waals surface area contributed by atoms with Gasteiger partial charge >= 0.3 is 6.18 Å². The highest BCUT2D eigenvalue weighted by Gasteiger charge is 2.42. The quantitative estimate of drug-likeness (QED) is 0.350. The second-order valence-electron chi connectivity index (χ2n) is 10.9. The van der Waals surface area contributed by atoms with Crippen LogP contribution in [0.5, 0.6) is 0 Å². The van der Waals surface area contributed by atoms with E-state index in [1.165, 1.54) is 12.1 Å². The molecule has 38 heavy (non-hydrogen) atoms. The van der Waals surface area contributed by atoms with Crippen LogP contribution >= 0.6 is 0 Å². The van der Waals surface area contributed by atoms with E-state index in [0.29, 0.717) is 37.3 Å². The summed E-state index contributed by atoms with van der Waals surface area (Å²) >= 11 is 0. The molecule has 0 radical (unpaired) electrons. The van der Waals surface area contributed by atoms with Crippen LogP contribution in [0.1, 0.15) is 55.0 Å². The Kier molecular flexibility index (Phi) is 8.19. The van der Waals surface area contributed by atoms with Crippen molar-refractivity contribution in [2.24, 2.45) is 5.41 Å². The number of anilines is 1. The van der Waals surface area contributed by atoms with Crippen molar-refractivity contribution in [2.45, 2.75) is 52.3 Å². The Hall–Kier alpha value is -2.52. The van der Waals surface area contributed by atoms with Gasteiger partial charge in [-0.1, -0.05) is 31.2 Å². The third kappa shape index (κ3) is 5.73. The number of halogens is 5. The lowest BCUT2D eigenvalue weighted by molar-refractivity contribution is -0.150. The molecule has 1 unspecified atom stereocenters. The first-order valence-electron chi connectivity index (χ1n) is 12.9. The van der Waals surface area contributed by atoms with E-state index < -0.39 is 30.4 Å². The van der Waals surface area contributed by atoms with Crippen LogP contribution in [0, 0.1) is 24.0 Å². The lowest BCUT2D eigenvalue weighted by Gasteiger charge is -2.41. The Balaban J connectivity index is 0.00000336. The molecule has 0 N–H and O–H groups in total. The fourth-order valence-corrected chi connectivity index (χ4v) is 6.50. The van der Waals surface area contributed by atoms with Crippen molar-refractivity contribution in [3.63, 3.8) is 0 Å². The number of aldehydes is 1. The van der Waals surface area contributed by atoms with E-state index in [9.17, 15) is 18.0 Å². The van der Waals surface area contributed by atoms with E-state index in [1.807, 2.05) is 17.9 Å². The number of hydrogen-bond acceptors (Lipinski definition) is 4. The largest absolute Gasteiger partial charge is 0.401 e. The van der Waals surface area contributed by atoms with Gasteiger partial charge in [0.25, 0.3) is 0 Å². The van der Waals surface area contributed by atoms with Crippen LogP contribution in [0.3, 0.4) is 0 Å². The zero-order valence-corrected chi connectivity index (χ0v) is 21.0. The first-order valence-corrected chi connectivity index (χ1v) is 12.9. The minimum atomic E-state index is -4.49. The molecule has 1 spiro atoms. The van der Waals surface area contributed by atoms with Gasteiger partial charge < -0.3 is 9.69 Å². The molecule has 0 saturated carbocycles. The monoisotopic (exact) mass is 537 g/mol. The van der Waals surface area contributed by atoms with Crippen molar-refractivity contribution in [3.8, 4) is 0 Å². The molecule has 2 aromatic carbocycles. The summed E-state index contributed by atoms with van der Waals surface area (Å²) in [6.45, 7) is 4.17. The van der Waals surface area contributed by atoms with Crippen molar-refractivity contribution in [1.29, 1.82) is 0 Å². The molecule has 0 bridgehead atoms. The number of nitrogens with zero attached hydrogens (tertiary/aromatic N) is 3. The lowest BCUT2D eigenvalue weighted by Crippen LogP contribution is -2.43. The average molecular weight is 538 g/mol. The Morgan fingerprint density at radius 1 is 1.00 bits per heavy atom. The number of piperidine rings is 1. The smallest absolute Gasteiger partial charge is 0.371 e. The molecule has 2 fully saturated rings. The molecule has 208 valence electrons. The summed E-state index contributed by atoms with van der Waals surface area (Å²) in [6, 6.07) is 6.77. The molecule has 0 aliphatic carbocycles. The summed E-state index contributed by atoms with van der Waals surface area (Å²) < 4.78 is 71.5. The molecule has 5 rings (SSSR count). The van der Waals surface area contributed by atoms with Crippen LogP contribution in [0.2, 0.25) is 0 Å². The van der Waals surface area contributed by atoms with Crippen LogP contribution in [0.15, 0.2) is 30.3 Å². The highest BCUT2D eigenvalue weighted by atomic mass is 19.4. The minimum Gasteiger partial charge on any atom is -0.371 e. The molecular weight excluding hydrogens is 501 g/mol. The number of hydrogen-bond donors (Lipinski definition) is 0. The van der Waals surface area contributed by atoms with Gasteiger partial charge in [-0.2, -0.15) is 13.2 Å². The van der Waals surface area contributed by atoms with Gasteiger partial charge in [0, 0.05) is 37.4 Å². The molecule has 3 heterocycles. The SMILES string of the molecule is C.Cc1ccc2c(c1)CCN(CC(F)(F)F)C2c1c(F)cc(N2CCC3(CCN(CC=O)C3)CC2)cc1F. The Morgan fingerprint density at radius 2 is 1.66 bits per heavy atom. The van der Waals surface area contributed by atoms with E-state index in [1.54, 1.807) is 12.1 Å². The summed E-state index contributed by atoms with van der Waals surface area (Å²) in [7, 11) is 0. The van der Waals surface area contributed by atoms with E-state index in [4.69, 9.17) is 0 Å². The van der Waals surface area contributed by atoms with E-state index in [0.717, 1.165) is 54.7 Å². The molecule has 3 aliphatic rings. The third-order valence-corrected chi connectivity index (χ3v) is 8.39. The molecular formula is C29H36F5N3O. The van der Waals surface area contributed by atoms with E-state index in [-0.39, 0.29) is 24.9 Å². The summed E-state index contributed by atoms with van der Waals surface area (Å²) in [6.07, 6.45) is -0.442. The number of likely N-dealkylation sites (tertiary alicyclic amines) is 1. The van der Waals surface area contributed by atoms with Gasteiger partial charge in [-0.05, 0) is 67.8 Å². The number of carbonyl (C=O) groups excluding carboxylic acids is 1. The Labute approximate surface area is 221 Å². The average Bonchev–Trinajstić information content (AvgIpc) is 3.21. The van der Waals surface area contributed by atoms with Gasteiger partial charge in [-0.15, -0.1) is 0 Å². The first-order chi connectivity index (χ1) is 17.6. The van der Waals surface area contributed by atoms with Crippen molar-refractivity contribution >= 4 is 12.0 Å². The number of aryl methyl sites for hydroxylation is 1. The number of fused-ring (bicyclic) bond motifs is 1. The zero-order valence-electron chi connectivity index (χ0n) is 21.0. The van der Waals surface area contributed by atoms with Gasteiger partial charge in [0.2, 0.25) is 0 Å². The van der Waals surface area contributed by atoms with Crippen LogP contribution < -0.4 is 4.90 Å². The molecule has 0 amide bonds. The Morgan fingerprint density at radius 3 is 2.29 bits per heavy atom. The normalized spacial score (nSPS) is 21.8. The number of rotatable bonds is 5. The lowest BCUT2D eigenvalue weighted by atomic mass is 9.77. The molecule has 3 aliphatic heterocycles. The van der Waals surface area contributed by atoms with Crippen LogP contribution in [0.25, 0.3) is 0 Å². The van der Waals surface area contributed by atoms with E-state index in [2.05, 4.69) is 4.90 Å². The second kappa shape index (κ2) is 10.9. The first kappa shape index (κ1) is 28.5. The van der Waals surface area contributed by atoms with Crippen molar-refractivity contribution in [2.75, 3.05) is 50.7 Å². The highest BCUT2D eigenvalue weighted by molar-refractivity contribution is 5.53. The summed E-state index contributed by atoms with van der Waals surface area (Å²) in [4.78, 5) is 16.1. The maximum atomic E-state index is 15.6. The maximum Gasteiger partial charge on any atom is 0.401 e. The molecule has 2 saturated heterocycles. The fourth-order valence-electron chi connectivity index (χ4n) is 6.50. The maximum absolute atomic E-state index is 15.6. The summed E-state index contributed by atoms with van der Waals surface area (Å²) in [5.74, 6) is -1.64. The van der Waals surface area contributed by atoms with Gasteiger partial charge in [-0.3, -0.25) is 9.80 Å². The van der Waals surface area contributed by atoms with Crippen LogP contribution in [0.4, 0.5) is 27.6 Å². The number of carbonyl (C=O) groups is 1. The summed E-state index contributed by atoms with van der Waals surface area (Å²) in [5.41, 5.74) is 2.52. The highest BCUT2D eigenvalue weighted by Crippen LogP contribution is 2.43. The fraction of sp³-hybridized carbons (Fsp3) is 0.552. The van der Waals surface area contributed by atoms with Gasteiger partial charge in [-0.25, -0.2) is 8.78 Å². The minimum absolute atomic E-state index is 0. The molecule has 2 aromatic rings. The zero-order chi connectivity index (χ0) is 26.4. The van der Waals surface area contributed by atoms with Crippen molar-refractivity contribution in [1.82, 2.24) is 9.80 Å². The summed E-state index contributed by atoms with van der Waals surface area (Å²) in [5, 5.41) is 0. The van der Waals surface area contributed by atoms with Crippen molar-refractivity contribution < 1.29 is 26.7 Å². The predicted molar refractivity (Wildman–Crippen MR) is 138 cm³/mol. The predicted octanol–water partition coefficient (Wildman–Crippen LogP) is 5.91. The molecule has 9 heteroatoms. The standard InChI is InChI=1S/C28H32F5N3O.CH4/c1-19-2-3-22-20(14-19)4-8-36(18-28(31,32)33)26(22)25-23(29)15-21(16-24(25)30)35-10-6-27(7-11-35)5-9-34(17-27)12-13-37;/h2-3,13-16,26H,4-12,17-18H2,1H3;1H4. The second-order valence-corrected chi connectivity index (χ2v) is 10.9. The molecule has 0 aromatic heterocycles. The van der Waals surface area contributed by atoms with Gasteiger partial charge in [0.05, 0.1) is 19.1 Å². The number of benzene rings is 2. The molecule has 4 nitrogen and oxygen atoms in total. The van der Waals surface area contributed by atoms with E-state index >= 15 is 8.78 Å². The van der Waals surface area contributed by atoms with Crippen molar-refractivity contribution in [3.05, 3.63) is 64.2 Å².